The van der Waals surface area contributed by atoms with Gasteiger partial charge in [-0.15, -0.1) is 0 Å². The molecule has 0 saturated carbocycles. The van der Waals surface area contributed by atoms with E-state index in [1.165, 1.54) is 0 Å². The topological polar surface area (TPSA) is 80.0 Å². The van der Waals surface area contributed by atoms with Crippen molar-refractivity contribution < 1.29 is 23.7 Å². The van der Waals surface area contributed by atoms with E-state index in [1.807, 2.05) is 54.6 Å². The van der Waals surface area contributed by atoms with Crippen molar-refractivity contribution in [3.63, 3.8) is 0 Å². The van der Waals surface area contributed by atoms with Crippen LogP contribution in [0, 0.1) is 0 Å². The summed E-state index contributed by atoms with van der Waals surface area (Å²) in [5.74, 6) is 1.57. The minimum atomic E-state index is -0.424. The van der Waals surface area contributed by atoms with E-state index in [9.17, 15) is 4.79 Å². The van der Waals surface area contributed by atoms with Gasteiger partial charge in [0.25, 0.3) is 0 Å². The average molecular weight is 407 g/mol. The normalized spacial score (nSPS) is 10.3. The Balaban J connectivity index is 1.45. The lowest BCUT2D eigenvalue weighted by Gasteiger charge is -2.12. The first-order chi connectivity index (χ1) is 14.7. The molecule has 0 heterocycles. The molecule has 3 aromatic carbocycles. The Kier molecular flexibility index (Phi) is 7.55. The van der Waals surface area contributed by atoms with Crippen LogP contribution in [0.2, 0.25) is 0 Å². The molecule has 0 spiro atoms. The second kappa shape index (κ2) is 10.8. The molecule has 0 aromatic heterocycles. The molecule has 0 aliphatic carbocycles. The third-order valence-corrected chi connectivity index (χ3v) is 4.34. The van der Waals surface area contributed by atoms with Gasteiger partial charge in [0.1, 0.15) is 23.9 Å². The Morgan fingerprint density at radius 1 is 0.867 bits per heavy atom. The van der Waals surface area contributed by atoms with Gasteiger partial charge in [0.05, 0.1) is 31.6 Å². The molecular formula is C24H25NO5. The van der Waals surface area contributed by atoms with Gasteiger partial charge in [-0.2, -0.15) is 0 Å². The molecule has 6 heteroatoms. The molecule has 0 amide bonds. The highest BCUT2D eigenvalue weighted by molar-refractivity contribution is 5.90. The Morgan fingerprint density at radius 3 is 2.30 bits per heavy atom. The highest BCUT2D eigenvalue weighted by Crippen LogP contribution is 2.24. The van der Waals surface area contributed by atoms with Crippen LogP contribution in [0.25, 0.3) is 0 Å². The van der Waals surface area contributed by atoms with Crippen LogP contribution in [-0.2, 0) is 11.3 Å². The number of esters is 1. The van der Waals surface area contributed by atoms with E-state index in [0.29, 0.717) is 36.6 Å². The molecule has 156 valence electrons. The lowest BCUT2D eigenvalue weighted by Crippen LogP contribution is -2.08. The first kappa shape index (κ1) is 21.0. The number of carbonyl (C=O) groups excluding carboxylic acids is 1. The average Bonchev–Trinajstić information content (AvgIpc) is 2.79. The van der Waals surface area contributed by atoms with Crippen molar-refractivity contribution in [2.75, 3.05) is 26.1 Å². The van der Waals surface area contributed by atoms with Crippen molar-refractivity contribution in [3.05, 3.63) is 83.9 Å². The summed E-state index contributed by atoms with van der Waals surface area (Å²) in [6, 6.07) is 21.8. The summed E-state index contributed by atoms with van der Waals surface area (Å²) in [4.78, 5) is 12.3. The van der Waals surface area contributed by atoms with Crippen LogP contribution in [0.4, 0.5) is 5.69 Å². The molecule has 0 bridgehead atoms. The fraction of sp³-hybridized carbons (Fsp3) is 0.208. The standard InChI is InChI=1S/C24H25NO5/c1-27-20-9-11-21(12-10-20)28-14-5-15-29-23-16-19(8-13-22(23)25)24(26)30-17-18-6-3-2-4-7-18/h2-4,6-13,16H,5,14-15,17,25H2,1H3. The molecule has 30 heavy (non-hydrogen) atoms. The number of hydrogen-bond acceptors (Lipinski definition) is 6. The van der Waals surface area contributed by atoms with E-state index < -0.39 is 5.97 Å². The monoisotopic (exact) mass is 407 g/mol. The molecule has 0 aliphatic rings. The lowest BCUT2D eigenvalue weighted by atomic mass is 10.2. The van der Waals surface area contributed by atoms with Gasteiger partial charge in [0.15, 0.2) is 0 Å². The number of carbonyl (C=O) groups is 1. The van der Waals surface area contributed by atoms with E-state index >= 15 is 0 Å². The first-order valence-corrected chi connectivity index (χ1v) is 9.66. The largest absolute Gasteiger partial charge is 0.497 e. The maximum absolute atomic E-state index is 12.3. The van der Waals surface area contributed by atoms with Gasteiger partial charge in [-0.1, -0.05) is 30.3 Å². The number of nitrogen functional groups attached to an aromatic ring is 1. The second-order valence-electron chi connectivity index (χ2n) is 6.54. The minimum absolute atomic E-state index is 0.211. The van der Waals surface area contributed by atoms with Crippen LogP contribution in [0.3, 0.4) is 0 Å². The van der Waals surface area contributed by atoms with Gasteiger partial charge in [-0.05, 0) is 48.0 Å². The summed E-state index contributed by atoms with van der Waals surface area (Å²) in [7, 11) is 1.62. The lowest BCUT2D eigenvalue weighted by molar-refractivity contribution is 0.0472. The predicted molar refractivity (Wildman–Crippen MR) is 115 cm³/mol. The van der Waals surface area contributed by atoms with Crippen molar-refractivity contribution in [1.82, 2.24) is 0 Å². The SMILES string of the molecule is COc1ccc(OCCCOc2cc(C(=O)OCc3ccccc3)ccc2N)cc1. The van der Waals surface area contributed by atoms with Crippen LogP contribution in [-0.4, -0.2) is 26.3 Å². The number of anilines is 1. The number of rotatable bonds is 10. The second-order valence-corrected chi connectivity index (χ2v) is 6.54. The molecule has 3 rings (SSSR count). The van der Waals surface area contributed by atoms with E-state index in [4.69, 9.17) is 24.7 Å². The molecule has 2 N–H and O–H groups in total. The molecule has 3 aromatic rings. The van der Waals surface area contributed by atoms with Gasteiger partial charge < -0.3 is 24.7 Å². The highest BCUT2D eigenvalue weighted by Gasteiger charge is 2.11. The third-order valence-electron chi connectivity index (χ3n) is 4.34. The number of ether oxygens (including phenoxy) is 4. The van der Waals surface area contributed by atoms with Gasteiger partial charge in [-0.25, -0.2) is 4.79 Å². The zero-order valence-corrected chi connectivity index (χ0v) is 16.9. The maximum Gasteiger partial charge on any atom is 0.338 e. The first-order valence-electron chi connectivity index (χ1n) is 9.66. The smallest absolute Gasteiger partial charge is 0.338 e. The number of nitrogens with two attached hydrogens (primary N) is 1. The molecule has 0 aliphatic heterocycles. The van der Waals surface area contributed by atoms with Crippen molar-refractivity contribution in [2.24, 2.45) is 0 Å². The summed E-state index contributed by atoms with van der Waals surface area (Å²) in [5, 5.41) is 0. The van der Waals surface area contributed by atoms with Crippen LogP contribution in [0.5, 0.6) is 17.2 Å². The Morgan fingerprint density at radius 2 is 1.57 bits per heavy atom. The van der Waals surface area contributed by atoms with E-state index in [0.717, 1.165) is 17.1 Å². The molecule has 0 saturated heterocycles. The minimum Gasteiger partial charge on any atom is -0.497 e. The van der Waals surface area contributed by atoms with Crippen molar-refractivity contribution >= 4 is 11.7 Å². The zero-order chi connectivity index (χ0) is 21.2. The zero-order valence-electron chi connectivity index (χ0n) is 16.9. The fourth-order valence-corrected chi connectivity index (χ4v) is 2.70. The number of methoxy groups -OCH3 is 1. The molecule has 0 unspecified atom stereocenters. The summed E-state index contributed by atoms with van der Waals surface area (Å²) < 4.78 is 21.9. The Bertz CT molecular complexity index is 942. The molecule has 6 nitrogen and oxygen atoms in total. The predicted octanol–water partition coefficient (Wildman–Crippen LogP) is 4.48. The fourth-order valence-electron chi connectivity index (χ4n) is 2.70. The van der Waals surface area contributed by atoms with Gasteiger partial charge >= 0.3 is 5.97 Å². The van der Waals surface area contributed by atoms with Gasteiger partial charge in [0.2, 0.25) is 0 Å². The van der Waals surface area contributed by atoms with Gasteiger partial charge in [0, 0.05) is 6.42 Å². The summed E-state index contributed by atoms with van der Waals surface area (Å²) in [5.41, 5.74) is 7.75. The van der Waals surface area contributed by atoms with E-state index in [-0.39, 0.29) is 6.61 Å². The molecule has 0 radical (unpaired) electrons. The van der Waals surface area contributed by atoms with Crippen LogP contribution >= 0.6 is 0 Å². The number of hydrogen-bond donors (Lipinski definition) is 1. The van der Waals surface area contributed by atoms with Crippen LogP contribution < -0.4 is 19.9 Å². The van der Waals surface area contributed by atoms with E-state index in [1.54, 1.807) is 25.3 Å². The van der Waals surface area contributed by atoms with Gasteiger partial charge in [-0.3, -0.25) is 0 Å². The van der Waals surface area contributed by atoms with E-state index in [2.05, 4.69) is 0 Å². The quantitative estimate of drug-likeness (QED) is 0.303. The Hall–Kier alpha value is -3.67. The van der Waals surface area contributed by atoms with Crippen LogP contribution in [0.1, 0.15) is 22.3 Å². The maximum atomic E-state index is 12.3. The Labute approximate surface area is 176 Å². The van der Waals surface area contributed by atoms with Crippen LogP contribution in [0.15, 0.2) is 72.8 Å². The van der Waals surface area contributed by atoms with Crippen molar-refractivity contribution in [1.29, 1.82) is 0 Å². The number of benzene rings is 3. The summed E-state index contributed by atoms with van der Waals surface area (Å²) in [6.07, 6.45) is 0.661. The summed E-state index contributed by atoms with van der Waals surface area (Å²) >= 11 is 0. The summed E-state index contributed by atoms with van der Waals surface area (Å²) in [6.45, 7) is 1.11. The molecular weight excluding hydrogens is 382 g/mol. The van der Waals surface area contributed by atoms with Crippen molar-refractivity contribution in [2.45, 2.75) is 13.0 Å². The highest BCUT2D eigenvalue weighted by atomic mass is 16.5. The third kappa shape index (κ3) is 6.17. The molecule has 0 atom stereocenters. The van der Waals surface area contributed by atoms with Crippen molar-refractivity contribution in [3.8, 4) is 17.2 Å². The molecule has 0 fully saturated rings.